The third kappa shape index (κ3) is 4.91. The summed E-state index contributed by atoms with van der Waals surface area (Å²) in [6.45, 7) is 6.61. The van der Waals surface area contributed by atoms with Crippen molar-refractivity contribution in [1.29, 1.82) is 0 Å². The van der Waals surface area contributed by atoms with Gasteiger partial charge >= 0.3 is 0 Å². The fourth-order valence-corrected chi connectivity index (χ4v) is 6.03. The standard InChI is InChI=1S/C31H29Cl2N5O3/c1-4-38-12-11-26-25(15-38)34-29(37(26)3)30(40)35-23-10-6-9-21(27(23)33)19-7-5-8-20(17(19)2)31-36-24-14-18(16-39)13-22(32)28(24)41-31/h5-10,13-14,39H,4,11-12,15-16H2,1-3H3,(H,35,40). The molecule has 5 aromatic rings. The number of aliphatic hydroxyl groups excluding tert-OH is 1. The van der Waals surface area contributed by atoms with Crippen LogP contribution < -0.4 is 5.32 Å². The Hall–Kier alpha value is -3.69. The molecule has 0 radical (unpaired) electrons. The molecule has 41 heavy (non-hydrogen) atoms. The van der Waals surface area contributed by atoms with Crippen LogP contribution in [0.2, 0.25) is 10.0 Å². The number of likely N-dealkylation sites (N-methyl/N-ethyl adjacent to an activating group) is 1. The molecule has 0 spiro atoms. The fourth-order valence-electron chi connectivity index (χ4n) is 5.48. The number of hydrogen-bond donors (Lipinski definition) is 2. The van der Waals surface area contributed by atoms with Crippen LogP contribution in [0.1, 0.15) is 40.1 Å². The predicted molar refractivity (Wildman–Crippen MR) is 161 cm³/mol. The van der Waals surface area contributed by atoms with Crippen molar-refractivity contribution in [2.75, 3.05) is 18.4 Å². The zero-order valence-corrected chi connectivity index (χ0v) is 24.5. The summed E-state index contributed by atoms with van der Waals surface area (Å²) < 4.78 is 7.93. The maximum Gasteiger partial charge on any atom is 0.291 e. The van der Waals surface area contributed by atoms with Crippen LogP contribution in [0.25, 0.3) is 33.7 Å². The number of aromatic nitrogens is 3. The number of halogens is 2. The lowest BCUT2D eigenvalue weighted by atomic mass is 9.96. The second kappa shape index (κ2) is 10.9. The highest BCUT2D eigenvalue weighted by Gasteiger charge is 2.25. The lowest BCUT2D eigenvalue weighted by molar-refractivity contribution is 0.101. The highest BCUT2D eigenvalue weighted by Crippen LogP contribution is 2.39. The van der Waals surface area contributed by atoms with E-state index in [1.807, 2.05) is 48.9 Å². The van der Waals surface area contributed by atoms with E-state index in [1.165, 1.54) is 0 Å². The molecule has 0 bridgehead atoms. The normalized spacial score (nSPS) is 13.5. The average Bonchev–Trinajstić information content (AvgIpc) is 3.55. The summed E-state index contributed by atoms with van der Waals surface area (Å²) in [4.78, 5) is 25.0. The van der Waals surface area contributed by atoms with Crippen LogP contribution in [0.3, 0.4) is 0 Å². The van der Waals surface area contributed by atoms with Crippen LogP contribution in [0.15, 0.2) is 52.9 Å². The Morgan fingerprint density at radius 3 is 2.63 bits per heavy atom. The first-order valence-electron chi connectivity index (χ1n) is 13.5. The molecule has 0 saturated heterocycles. The van der Waals surface area contributed by atoms with E-state index in [0.717, 1.165) is 59.7 Å². The van der Waals surface area contributed by atoms with Crippen LogP contribution in [0.5, 0.6) is 0 Å². The largest absolute Gasteiger partial charge is 0.434 e. The molecule has 0 aliphatic carbocycles. The molecule has 3 aromatic carbocycles. The van der Waals surface area contributed by atoms with Gasteiger partial charge in [-0.15, -0.1) is 0 Å². The molecule has 8 nitrogen and oxygen atoms in total. The monoisotopic (exact) mass is 589 g/mol. The van der Waals surface area contributed by atoms with Gasteiger partial charge in [-0.05, 0) is 54.4 Å². The topological polar surface area (TPSA) is 96.4 Å². The summed E-state index contributed by atoms with van der Waals surface area (Å²) >= 11 is 13.3. The van der Waals surface area contributed by atoms with E-state index in [2.05, 4.69) is 27.1 Å². The Kier molecular flexibility index (Phi) is 7.34. The van der Waals surface area contributed by atoms with Gasteiger partial charge in [0.15, 0.2) is 11.4 Å². The fraction of sp³-hybridized carbons (Fsp3) is 0.258. The molecule has 0 atom stereocenters. The number of amides is 1. The van der Waals surface area contributed by atoms with E-state index in [4.69, 9.17) is 27.6 Å². The molecule has 1 aliphatic heterocycles. The Morgan fingerprint density at radius 1 is 1.10 bits per heavy atom. The molecule has 0 saturated carbocycles. The number of anilines is 1. The number of hydrogen-bond acceptors (Lipinski definition) is 6. The highest BCUT2D eigenvalue weighted by atomic mass is 35.5. The number of fused-ring (bicyclic) bond motifs is 2. The quantitative estimate of drug-likeness (QED) is 0.230. The van der Waals surface area contributed by atoms with Crippen LogP contribution in [0, 0.1) is 6.92 Å². The van der Waals surface area contributed by atoms with Crippen molar-refractivity contribution in [3.8, 4) is 22.6 Å². The van der Waals surface area contributed by atoms with E-state index in [0.29, 0.717) is 44.1 Å². The van der Waals surface area contributed by atoms with Gasteiger partial charge < -0.3 is 19.4 Å². The van der Waals surface area contributed by atoms with E-state index in [-0.39, 0.29) is 12.5 Å². The van der Waals surface area contributed by atoms with Crippen LogP contribution in [-0.2, 0) is 26.6 Å². The molecule has 2 N–H and O–H groups in total. The molecular weight excluding hydrogens is 561 g/mol. The number of carbonyl (C=O) groups is 1. The Bertz CT molecular complexity index is 1810. The van der Waals surface area contributed by atoms with Crippen molar-refractivity contribution in [2.24, 2.45) is 7.05 Å². The van der Waals surface area contributed by atoms with Gasteiger partial charge in [0.25, 0.3) is 5.91 Å². The van der Waals surface area contributed by atoms with Crippen molar-refractivity contribution >= 4 is 45.9 Å². The van der Waals surface area contributed by atoms with E-state index in [9.17, 15) is 9.90 Å². The number of rotatable bonds is 6. The van der Waals surface area contributed by atoms with Crippen LogP contribution in [0.4, 0.5) is 5.69 Å². The minimum Gasteiger partial charge on any atom is -0.434 e. The lowest BCUT2D eigenvalue weighted by Gasteiger charge is -2.24. The molecule has 210 valence electrons. The van der Waals surface area contributed by atoms with Gasteiger partial charge in [-0.2, -0.15) is 0 Å². The van der Waals surface area contributed by atoms with Gasteiger partial charge in [0.1, 0.15) is 5.52 Å². The second-order valence-electron chi connectivity index (χ2n) is 10.2. The smallest absolute Gasteiger partial charge is 0.291 e. The van der Waals surface area contributed by atoms with Crippen molar-refractivity contribution < 1.29 is 14.3 Å². The average molecular weight is 591 g/mol. The first kappa shape index (κ1) is 27.5. The maximum atomic E-state index is 13.4. The number of oxazole rings is 1. The zero-order chi connectivity index (χ0) is 28.8. The van der Waals surface area contributed by atoms with Crippen molar-refractivity contribution in [1.82, 2.24) is 19.4 Å². The number of nitrogens with one attached hydrogen (secondary N) is 1. The number of aliphatic hydroxyl groups is 1. The summed E-state index contributed by atoms with van der Waals surface area (Å²) in [5.41, 5.74) is 7.56. The molecule has 3 heterocycles. The van der Waals surface area contributed by atoms with Gasteiger partial charge in [-0.3, -0.25) is 9.69 Å². The minimum absolute atomic E-state index is 0.141. The molecule has 1 aliphatic rings. The van der Waals surface area contributed by atoms with E-state index >= 15 is 0 Å². The summed E-state index contributed by atoms with van der Waals surface area (Å²) in [5, 5.41) is 13.3. The van der Waals surface area contributed by atoms with E-state index < -0.39 is 0 Å². The number of imidazole rings is 1. The number of carbonyl (C=O) groups excluding carboxylic acids is 1. The summed E-state index contributed by atoms with van der Waals surface area (Å²) in [7, 11) is 1.89. The van der Waals surface area contributed by atoms with Crippen LogP contribution in [-0.4, -0.2) is 43.5 Å². The first-order chi connectivity index (χ1) is 19.8. The molecule has 0 unspecified atom stereocenters. The summed E-state index contributed by atoms with van der Waals surface area (Å²) in [5.74, 6) is 0.476. The van der Waals surface area contributed by atoms with Gasteiger partial charge in [0, 0.05) is 43.4 Å². The van der Waals surface area contributed by atoms with Crippen LogP contribution >= 0.6 is 23.2 Å². The maximum absolute atomic E-state index is 13.4. The van der Waals surface area contributed by atoms with Gasteiger partial charge in [0.05, 0.1) is 28.0 Å². The first-order valence-corrected chi connectivity index (χ1v) is 14.2. The predicted octanol–water partition coefficient (Wildman–Crippen LogP) is 6.63. The second-order valence-corrected chi connectivity index (χ2v) is 11.0. The third-order valence-electron chi connectivity index (χ3n) is 7.77. The highest BCUT2D eigenvalue weighted by molar-refractivity contribution is 6.36. The Morgan fingerprint density at radius 2 is 1.85 bits per heavy atom. The zero-order valence-electron chi connectivity index (χ0n) is 23.0. The summed E-state index contributed by atoms with van der Waals surface area (Å²) in [6.07, 6.45) is 0.862. The molecule has 2 aromatic heterocycles. The Balaban J connectivity index is 1.32. The molecular formula is C31H29Cl2N5O3. The van der Waals surface area contributed by atoms with Gasteiger partial charge in [0.2, 0.25) is 5.89 Å². The molecule has 1 amide bonds. The Labute approximate surface area is 247 Å². The van der Waals surface area contributed by atoms with Crippen molar-refractivity contribution in [2.45, 2.75) is 33.4 Å². The van der Waals surface area contributed by atoms with Gasteiger partial charge in [-0.1, -0.05) is 54.4 Å². The van der Waals surface area contributed by atoms with Crippen molar-refractivity contribution in [3.63, 3.8) is 0 Å². The van der Waals surface area contributed by atoms with Gasteiger partial charge in [-0.25, -0.2) is 9.97 Å². The molecule has 0 fully saturated rings. The summed E-state index contributed by atoms with van der Waals surface area (Å²) in [6, 6.07) is 14.8. The lowest BCUT2D eigenvalue weighted by Crippen LogP contribution is -2.30. The number of nitrogens with zero attached hydrogens (tertiary/aromatic N) is 4. The third-order valence-corrected chi connectivity index (χ3v) is 8.46. The SMILES string of the molecule is CCN1CCc2c(nc(C(=O)Nc3cccc(-c4cccc(-c5nc6cc(CO)cc(Cl)c6o5)c4C)c3Cl)n2C)C1. The molecule has 10 heteroatoms. The van der Waals surface area contributed by atoms with Crippen molar-refractivity contribution in [3.05, 3.63) is 86.9 Å². The van der Waals surface area contributed by atoms with E-state index in [1.54, 1.807) is 18.2 Å². The minimum atomic E-state index is -0.305. The molecule has 6 rings (SSSR count). The number of benzene rings is 3.